The van der Waals surface area contributed by atoms with Crippen LogP contribution in [0.4, 0.5) is 0 Å². The zero-order valence-corrected chi connectivity index (χ0v) is 12.8. The van der Waals surface area contributed by atoms with Gasteiger partial charge in [-0.1, -0.05) is 29.8 Å². The predicted molar refractivity (Wildman–Crippen MR) is 81.1 cm³/mol. The van der Waals surface area contributed by atoms with Crippen LogP contribution in [0.2, 0.25) is 0 Å². The number of rotatable bonds is 8. The van der Waals surface area contributed by atoms with E-state index in [0.29, 0.717) is 0 Å². The molecule has 0 heterocycles. The summed E-state index contributed by atoms with van der Waals surface area (Å²) in [6.07, 6.45) is -0.577. The summed E-state index contributed by atoms with van der Waals surface area (Å²) < 4.78 is 0. The van der Waals surface area contributed by atoms with Crippen molar-refractivity contribution in [2.75, 3.05) is 6.61 Å². The number of hydrogen-bond donors (Lipinski definition) is 4. The molecule has 0 spiro atoms. The number of benzene rings is 1. The maximum Gasteiger partial charge on any atom is 0.303 e. The van der Waals surface area contributed by atoms with Gasteiger partial charge in [0.05, 0.1) is 12.7 Å². The second-order valence-electron chi connectivity index (χ2n) is 6.08. The van der Waals surface area contributed by atoms with E-state index >= 15 is 0 Å². The topological polar surface area (TPSA) is 89.8 Å². The van der Waals surface area contributed by atoms with Crippen molar-refractivity contribution in [1.29, 1.82) is 0 Å². The molecule has 1 aromatic carbocycles. The average molecular weight is 295 g/mol. The number of carboxylic acid groups (broad SMARTS) is 1. The molecule has 0 radical (unpaired) electrons. The van der Waals surface area contributed by atoms with Gasteiger partial charge >= 0.3 is 5.97 Å². The number of carboxylic acids is 1. The summed E-state index contributed by atoms with van der Waals surface area (Å²) in [7, 11) is 0. The van der Waals surface area contributed by atoms with E-state index in [1.165, 1.54) is 0 Å². The van der Waals surface area contributed by atoms with Crippen LogP contribution < -0.4 is 5.32 Å². The van der Waals surface area contributed by atoms with Crippen molar-refractivity contribution in [3.63, 3.8) is 0 Å². The van der Waals surface area contributed by atoms with Crippen molar-refractivity contribution in [1.82, 2.24) is 5.32 Å². The van der Waals surface area contributed by atoms with Crippen LogP contribution in [0.5, 0.6) is 0 Å². The fraction of sp³-hybridized carbons (Fsp3) is 0.562. The van der Waals surface area contributed by atoms with Crippen LogP contribution in [-0.4, -0.2) is 39.5 Å². The molecule has 1 rings (SSSR count). The average Bonchev–Trinajstić information content (AvgIpc) is 2.43. The van der Waals surface area contributed by atoms with Gasteiger partial charge < -0.3 is 20.6 Å². The fourth-order valence-electron chi connectivity index (χ4n) is 2.13. The first-order chi connectivity index (χ1) is 9.75. The number of hydrogen-bond acceptors (Lipinski definition) is 4. The molecule has 2 unspecified atom stereocenters. The number of aryl methyl sites for hydroxylation is 1. The van der Waals surface area contributed by atoms with Gasteiger partial charge in [-0.2, -0.15) is 0 Å². The summed E-state index contributed by atoms with van der Waals surface area (Å²) in [5, 5.41) is 31.9. The molecule has 0 aliphatic carbocycles. The Balaban J connectivity index is 2.87. The molecule has 118 valence electrons. The zero-order chi connectivity index (χ0) is 16.0. The van der Waals surface area contributed by atoms with Crippen molar-refractivity contribution in [3.05, 3.63) is 35.4 Å². The lowest BCUT2D eigenvalue weighted by Crippen LogP contribution is -2.50. The minimum Gasteiger partial charge on any atom is -0.481 e. The molecule has 1 aromatic rings. The van der Waals surface area contributed by atoms with Crippen LogP contribution >= 0.6 is 0 Å². The van der Waals surface area contributed by atoms with Crippen molar-refractivity contribution in [2.45, 2.75) is 51.3 Å². The first kappa shape index (κ1) is 17.6. The van der Waals surface area contributed by atoms with E-state index in [4.69, 9.17) is 5.11 Å². The third-order valence-electron chi connectivity index (χ3n) is 3.44. The monoisotopic (exact) mass is 295 g/mol. The van der Waals surface area contributed by atoms with E-state index in [-0.39, 0.29) is 19.4 Å². The van der Waals surface area contributed by atoms with Crippen LogP contribution in [0, 0.1) is 6.92 Å². The Hall–Kier alpha value is -1.43. The van der Waals surface area contributed by atoms with Gasteiger partial charge in [0, 0.05) is 18.0 Å². The largest absolute Gasteiger partial charge is 0.481 e. The second-order valence-corrected chi connectivity index (χ2v) is 6.08. The number of aliphatic carboxylic acids is 1. The molecular weight excluding hydrogens is 270 g/mol. The highest BCUT2D eigenvalue weighted by Crippen LogP contribution is 2.22. The maximum absolute atomic E-state index is 10.8. The Morgan fingerprint density at radius 1 is 1.29 bits per heavy atom. The highest BCUT2D eigenvalue weighted by atomic mass is 16.4. The van der Waals surface area contributed by atoms with E-state index in [1.54, 1.807) is 0 Å². The second kappa shape index (κ2) is 7.54. The molecule has 0 aliphatic heterocycles. The van der Waals surface area contributed by atoms with Crippen molar-refractivity contribution >= 4 is 5.97 Å². The number of carbonyl (C=O) groups is 1. The van der Waals surface area contributed by atoms with Crippen LogP contribution in [0.15, 0.2) is 24.3 Å². The summed E-state index contributed by atoms with van der Waals surface area (Å²) >= 11 is 0. The Bertz CT molecular complexity index is 456. The number of aliphatic hydroxyl groups excluding tert-OH is 2. The summed E-state index contributed by atoms with van der Waals surface area (Å²) in [5.74, 6) is -0.903. The zero-order valence-electron chi connectivity index (χ0n) is 12.8. The first-order valence-electron chi connectivity index (χ1n) is 7.10. The highest BCUT2D eigenvalue weighted by Gasteiger charge is 2.27. The molecule has 0 saturated carbocycles. The van der Waals surface area contributed by atoms with Crippen LogP contribution in [0.3, 0.4) is 0 Å². The van der Waals surface area contributed by atoms with E-state index in [9.17, 15) is 15.0 Å². The predicted octanol–water partition coefficient (Wildman–Crippen LogP) is 1.62. The summed E-state index contributed by atoms with van der Waals surface area (Å²) in [4.78, 5) is 10.8. The van der Waals surface area contributed by atoms with Gasteiger partial charge in [0.15, 0.2) is 0 Å². The Kier molecular flexibility index (Phi) is 6.33. The van der Waals surface area contributed by atoms with E-state index in [2.05, 4.69) is 5.32 Å². The Labute approximate surface area is 125 Å². The van der Waals surface area contributed by atoms with Gasteiger partial charge in [-0.25, -0.2) is 0 Å². The fourth-order valence-corrected chi connectivity index (χ4v) is 2.13. The Morgan fingerprint density at radius 2 is 1.86 bits per heavy atom. The normalized spacial score (nSPS) is 14.7. The summed E-state index contributed by atoms with van der Waals surface area (Å²) in [6.45, 7) is 5.48. The molecule has 0 bridgehead atoms. The molecule has 0 amide bonds. The van der Waals surface area contributed by atoms with Gasteiger partial charge in [-0.3, -0.25) is 4.79 Å². The molecule has 5 heteroatoms. The molecule has 5 nitrogen and oxygen atoms in total. The molecule has 0 aromatic heterocycles. The molecule has 0 fully saturated rings. The molecule has 2 atom stereocenters. The standard InChI is InChI=1S/C16H25NO4/c1-11-4-6-12(7-5-11)15(21)13(8-9-14(19)20)17-16(2,3)10-18/h4-7,13,15,17-18,21H,8-10H2,1-3H3,(H,19,20). The van der Waals surface area contributed by atoms with E-state index in [0.717, 1.165) is 11.1 Å². The van der Waals surface area contributed by atoms with Gasteiger partial charge in [-0.05, 0) is 32.8 Å². The first-order valence-corrected chi connectivity index (χ1v) is 7.10. The SMILES string of the molecule is Cc1ccc(C(O)C(CCC(=O)O)NC(C)(C)CO)cc1. The molecule has 0 aliphatic rings. The van der Waals surface area contributed by atoms with Crippen LogP contribution in [0.1, 0.15) is 43.9 Å². The lowest BCUT2D eigenvalue weighted by Gasteiger charge is -2.33. The minimum atomic E-state index is -0.903. The van der Waals surface area contributed by atoms with Crippen LogP contribution in [0.25, 0.3) is 0 Å². The summed E-state index contributed by atoms with van der Waals surface area (Å²) in [6, 6.07) is 7.04. The number of nitrogens with one attached hydrogen (secondary N) is 1. The maximum atomic E-state index is 10.8. The van der Waals surface area contributed by atoms with Gasteiger partial charge in [-0.15, -0.1) is 0 Å². The van der Waals surface area contributed by atoms with E-state index in [1.807, 2.05) is 45.0 Å². The third kappa shape index (κ3) is 5.83. The third-order valence-corrected chi connectivity index (χ3v) is 3.44. The van der Waals surface area contributed by atoms with Gasteiger partial charge in [0.25, 0.3) is 0 Å². The van der Waals surface area contributed by atoms with Crippen LogP contribution in [-0.2, 0) is 4.79 Å². The lowest BCUT2D eigenvalue weighted by atomic mass is 9.94. The Morgan fingerprint density at radius 3 is 2.33 bits per heavy atom. The number of aliphatic hydroxyl groups is 2. The highest BCUT2D eigenvalue weighted by molar-refractivity contribution is 5.66. The van der Waals surface area contributed by atoms with Crippen molar-refractivity contribution in [3.8, 4) is 0 Å². The van der Waals surface area contributed by atoms with Crippen molar-refractivity contribution < 1.29 is 20.1 Å². The molecule has 21 heavy (non-hydrogen) atoms. The quantitative estimate of drug-likeness (QED) is 0.585. The van der Waals surface area contributed by atoms with Crippen molar-refractivity contribution in [2.24, 2.45) is 0 Å². The smallest absolute Gasteiger partial charge is 0.303 e. The van der Waals surface area contributed by atoms with E-state index < -0.39 is 23.7 Å². The lowest BCUT2D eigenvalue weighted by molar-refractivity contribution is -0.137. The minimum absolute atomic E-state index is 0.0396. The van der Waals surface area contributed by atoms with Gasteiger partial charge in [0.1, 0.15) is 0 Å². The summed E-state index contributed by atoms with van der Waals surface area (Å²) in [5.41, 5.74) is 1.24. The molecular formula is C16H25NO4. The molecule has 4 N–H and O–H groups in total. The van der Waals surface area contributed by atoms with Gasteiger partial charge in [0.2, 0.25) is 0 Å². The molecule has 0 saturated heterocycles.